The van der Waals surface area contributed by atoms with Crippen LogP contribution in [-0.2, 0) is 0 Å². The van der Waals surface area contributed by atoms with Crippen LogP contribution in [0.2, 0.25) is 0 Å². The van der Waals surface area contributed by atoms with Crippen molar-refractivity contribution in [2.75, 3.05) is 31.1 Å². The van der Waals surface area contributed by atoms with Gasteiger partial charge in [-0.05, 0) is 12.1 Å². The molecule has 2 aromatic heterocycles. The molecular weight excluding hydrogens is 230 g/mol. The summed E-state index contributed by atoms with van der Waals surface area (Å²) >= 11 is 0. The Morgan fingerprint density at radius 2 is 2.06 bits per heavy atom. The maximum atomic E-state index is 5.40. The third-order valence-electron chi connectivity index (χ3n) is 2.92. The average molecular weight is 245 g/mol. The van der Waals surface area contributed by atoms with Crippen LogP contribution in [0.1, 0.15) is 5.89 Å². The highest BCUT2D eigenvalue weighted by Crippen LogP contribution is 2.19. The van der Waals surface area contributed by atoms with Crippen molar-refractivity contribution < 1.29 is 4.42 Å². The molecule has 0 amide bonds. The highest BCUT2D eigenvalue weighted by Gasteiger charge is 2.14. The highest BCUT2D eigenvalue weighted by atomic mass is 16.4. The normalized spacial score (nSPS) is 15.9. The lowest BCUT2D eigenvalue weighted by Crippen LogP contribution is -2.43. The summed E-state index contributed by atoms with van der Waals surface area (Å²) in [4.78, 5) is 6.84. The van der Waals surface area contributed by atoms with Gasteiger partial charge in [-0.15, -0.1) is 10.2 Å². The summed E-state index contributed by atoms with van der Waals surface area (Å²) in [6.45, 7) is 5.70. The Hall–Kier alpha value is -1.95. The van der Waals surface area contributed by atoms with Crippen molar-refractivity contribution in [3.8, 4) is 11.6 Å². The van der Waals surface area contributed by atoms with Gasteiger partial charge >= 0.3 is 0 Å². The van der Waals surface area contributed by atoms with E-state index in [1.165, 1.54) is 0 Å². The first-order valence-corrected chi connectivity index (χ1v) is 6.06. The highest BCUT2D eigenvalue weighted by molar-refractivity contribution is 5.52. The zero-order valence-electron chi connectivity index (χ0n) is 10.3. The molecule has 2 aromatic rings. The lowest BCUT2D eigenvalue weighted by molar-refractivity contribution is 0.530. The minimum absolute atomic E-state index is 0.476. The summed E-state index contributed by atoms with van der Waals surface area (Å²) in [6, 6.07) is 5.87. The number of piperazine rings is 1. The van der Waals surface area contributed by atoms with Crippen LogP contribution in [0, 0.1) is 6.92 Å². The Morgan fingerprint density at radius 1 is 1.22 bits per heavy atom. The number of hydrogen-bond donors (Lipinski definition) is 1. The summed E-state index contributed by atoms with van der Waals surface area (Å²) in [7, 11) is 0. The lowest BCUT2D eigenvalue weighted by atomic mass is 10.3. The number of hydrogen-bond acceptors (Lipinski definition) is 6. The number of nitrogens with one attached hydrogen (secondary N) is 1. The van der Waals surface area contributed by atoms with Gasteiger partial charge in [0.2, 0.25) is 5.89 Å². The molecule has 3 heterocycles. The molecule has 0 aliphatic carbocycles. The number of pyridine rings is 1. The fourth-order valence-corrected chi connectivity index (χ4v) is 2.01. The number of anilines is 1. The van der Waals surface area contributed by atoms with Crippen LogP contribution in [0.4, 0.5) is 5.82 Å². The number of aromatic nitrogens is 3. The summed E-state index contributed by atoms with van der Waals surface area (Å²) < 4.78 is 5.40. The van der Waals surface area contributed by atoms with Crippen molar-refractivity contribution in [3.05, 3.63) is 24.1 Å². The summed E-state index contributed by atoms with van der Waals surface area (Å²) in [6.07, 6.45) is 0. The van der Waals surface area contributed by atoms with Crippen LogP contribution in [-0.4, -0.2) is 41.4 Å². The molecule has 1 N–H and O–H groups in total. The van der Waals surface area contributed by atoms with Gasteiger partial charge in [-0.3, -0.25) is 0 Å². The van der Waals surface area contributed by atoms with E-state index >= 15 is 0 Å². The molecule has 0 atom stereocenters. The van der Waals surface area contributed by atoms with Gasteiger partial charge in [0.15, 0.2) is 0 Å². The first-order valence-electron chi connectivity index (χ1n) is 6.06. The molecule has 6 nitrogen and oxygen atoms in total. The largest absolute Gasteiger partial charge is 0.420 e. The standard InChI is InChI=1S/C12H15N5O/c1-9-15-16-12(18-9)10-3-2-4-11(14-10)17-7-5-13-6-8-17/h2-4,13H,5-8H2,1H3. The Balaban J connectivity index is 1.88. The third-order valence-corrected chi connectivity index (χ3v) is 2.92. The van der Waals surface area contributed by atoms with Crippen molar-refractivity contribution >= 4 is 5.82 Å². The summed E-state index contributed by atoms with van der Waals surface area (Å²) in [5.74, 6) is 1.99. The zero-order chi connectivity index (χ0) is 12.4. The molecule has 0 radical (unpaired) electrons. The predicted molar refractivity (Wildman–Crippen MR) is 67.3 cm³/mol. The molecule has 0 spiro atoms. The van der Waals surface area contributed by atoms with E-state index in [1.807, 2.05) is 18.2 Å². The number of rotatable bonds is 2. The van der Waals surface area contributed by atoms with Gasteiger partial charge in [0.25, 0.3) is 5.89 Å². The van der Waals surface area contributed by atoms with E-state index < -0.39 is 0 Å². The SMILES string of the molecule is Cc1nnc(-c2cccc(N3CCNCC3)n2)o1. The van der Waals surface area contributed by atoms with E-state index in [2.05, 4.69) is 25.4 Å². The molecule has 1 aliphatic rings. The van der Waals surface area contributed by atoms with Crippen molar-refractivity contribution in [2.24, 2.45) is 0 Å². The fraction of sp³-hybridized carbons (Fsp3) is 0.417. The summed E-state index contributed by atoms with van der Waals surface area (Å²) in [5.41, 5.74) is 0.728. The van der Waals surface area contributed by atoms with Crippen molar-refractivity contribution in [1.82, 2.24) is 20.5 Å². The van der Waals surface area contributed by atoms with E-state index in [-0.39, 0.29) is 0 Å². The molecular formula is C12H15N5O. The number of nitrogens with zero attached hydrogens (tertiary/aromatic N) is 4. The van der Waals surface area contributed by atoms with Gasteiger partial charge in [0, 0.05) is 33.1 Å². The van der Waals surface area contributed by atoms with E-state index in [9.17, 15) is 0 Å². The van der Waals surface area contributed by atoms with E-state index in [0.29, 0.717) is 11.8 Å². The van der Waals surface area contributed by atoms with E-state index in [1.54, 1.807) is 6.92 Å². The second-order valence-corrected chi connectivity index (χ2v) is 4.24. The van der Waals surface area contributed by atoms with Crippen LogP contribution < -0.4 is 10.2 Å². The maximum Gasteiger partial charge on any atom is 0.266 e. The average Bonchev–Trinajstić information content (AvgIpc) is 2.87. The van der Waals surface area contributed by atoms with Gasteiger partial charge in [0.05, 0.1) is 0 Å². The van der Waals surface area contributed by atoms with Gasteiger partial charge in [0.1, 0.15) is 11.5 Å². The molecule has 0 aromatic carbocycles. The van der Waals surface area contributed by atoms with E-state index in [0.717, 1.165) is 37.7 Å². The van der Waals surface area contributed by atoms with Crippen LogP contribution in [0.15, 0.2) is 22.6 Å². The molecule has 94 valence electrons. The van der Waals surface area contributed by atoms with Crippen molar-refractivity contribution in [3.63, 3.8) is 0 Å². The monoisotopic (exact) mass is 245 g/mol. The maximum absolute atomic E-state index is 5.40. The van der Waals surface area contributed by atoms with Gasteiger partial charge in [-0.2, -0.15) is 0 Å². The van der Waals surface area contributed by atoms with Gasteiger partial charge < -0.3 is 14.6 Å². The third kappa shape index (κ3) is 2.19. The first-order chi connectivity index (χ1) is 8.83. The van der Waals surface area contributed by atoms with Crippen molar-refractivity contribution in [1.29, 1.82) is 0 Å². The van der Waals surface area contributed by atoms with E-state index in [4.69, 9.17) is 4.42 Å². The minimum Gasteiger partial charge on any atom is -0.420 e. The van der Waals surface area contributed by atoms with Crippen LogP contribution in [0.3, 0.4) is 0 Å². The van der Waals surface area contributed by atoms with Gasteiger partial charge in [-0.1, -0.05) is 6.07 Å². The van der Waals surface area contributed by atoms with Crippen LogP contribution in [0.5, 0.6) is 0 Å². The second kappa shape index (κ2) is 4.73. The molecule has 0 saturated carbocycles. The zero-order valence-corrected chi connectivity index (χ0v) is 10.3. The summed E-state index contributed by atoms with van der Waals surface area (Å²) in [5, 5.41) is 11.1. The molecule has 0 unspecified atom stereocenters. The topological polar surface area (TPSA) is 67.1 Å². The molecule has 6 heteroatoms. The number of aryl methyl sites for hydroxylation is 1. The molecule has 18 heavy (non-hydrogen) atoms. The molecule has 3 rings (SSSR count). The Kier molecular flexibility index (Phi) is 2.93. The van der Waals surface area contributed by atoms with Crippen LogP contribution >= 0.6 is 0 Å². The fourth-order valence-electron chi connectivity index (χ4n) is 2.01. The second-order valence-electron chi connectivity index (χ2n) is 4.24. The van der Waals surface area contributed by atoms with Gasteiger partial charge in [-0.25, -0.2) is 4.98 Å². The van der Waals surface area contributed by atoms with Crippen molar-refractivity contribution in [2.45, 2.75) is 6.92 Å². The van der Waals surface area contributed by atoms with Crippen LogP contribution in [0.25, 0.3) is 11.6 Å². The molecule has 0 bridgehead atoms. The molecule has 1 saturated heterocycles. The minimum atomic E-state index is 0.476. The molecule has 1 fully saturated rings. The predicted octanol–water partition coefficient (Wildman–Crippen LogP) is 0.850. The first kappa shape index (κ1) is 11.2. The molecule has 1 aliphatic heterocycles. The lowest BCUT2D eigenvalue weighted by Gasteiger charge is -2.28. The Bertz CT molecular complexity index is 533. The smallest absolute Gasteiger partial charge is 0.266 e. The Morgan fingerprint density at radius 3 is 2.78 bits per heavy atom. The quantitative estimate of drug-likeness (QED) is 0.846. The Labute approximate surface area is 105 Å².